The van der Waals surface area contributed by atoms with E-state index in [4.69, 9.17) is 4.74 Å². The molecule has 138 valence electrons. The van der Waals surface area contributed by atoms with E-state index in [1.165, 1.54) is 30.4 Å². The van der Waals surface area contributed by atoms with Crippen LogP contribution in [0.1, 0.15) is 42.5 Å². The number of aryl methyl sites for hydroxylation is 2. The number of hydrogen-bond acceptors (Lipinski definition) is 2. The molecule has 1 N–H and O–H groups in total. The van der Waals surface area contributed by atoms with Gasteiger partial charge in [-0.3, -0.25) is 4.79 Å². The number of fused-ring (bicyclic) bond motifs is 2. The maximum atomic E-state index is 12.4. The minimum atomic E-state index is -0.104. The van der Waals surface area contributed by atoms with Gasteiger partial charge in [0.25, 0.3) is 5.91 Å². The molecule has 0 saturated heterocycles. The van der Waals surface area contributed by atoms with Gasteiger partial charge in [-0.2, -0.15) is 0 Å². The number of ether oxygens (including phenoxy) is 1. The Morgan fingerprint density at radius 2 is 1.78 bits per heavy atom. The Hall–Kier alpha value is -2.81. The predicted molar refractivity (Wildman–Crippen MR) is 109 cm³/mol. The molecule has 1 aliphatic rings. The third-order valence-corrected chi connectivity index (χ3v) is 5.36. The fraction of sp³-hybridized carbons (Fsp3) is 0.292. The van der Waals surface area contributed by atoms with Crippen molar-refractivity contribution < 1.29 is 9.53 Å². The monoisotopic (exact) mass is 359 g/mol. The zero-order chi connectivity index (χ0) is 18.6. The highest BCUT2D eigenvalue weighted by Crippen LogP contribution is 2.26. The van der Waals surface area contributed by atoms with Crippen LogP contribution in [0.3, 0.4) is 0 Å². The fourth-order valence-corrected chi connectivity index (χ4v) is 3.85. The maximum absolute atomic E-state index is 12.4. The van der Waals surface area contributed by atoms with E-state index < -0.39 is 0 Å². The zero-order valence-electron chi connectivity index (χ0n) is 15.7. The first-order valence-corrected chi connectivity index (χ1v) is 9.72. The number of benzene rings is 3. The molecule has 0 radical (unpaired) electrons. The molecule has 3 nitrogen and oxygen atoms in total. The smallest absolute Gasteiger partial charge is 0.258 e. The van der Waals surface area contributed by atoms with E-state index in [1.807, 2.05) is 49.4 Å². The third kappa shape index (κ3) is 3.97. The summed E-state index contributed by atoms with van der Waals surface area (Å²) >= 11 is 0. The second-order valence-corrected chi connectivity index (χ2v) is 7.29. The molecule has 0 bridgehead atoms. The van der Waals surface area contributed by atoms with Gasteiger partial charge in [0.05, 0.1) is 6.04 Å². The quantitative estimate of drug-likeness (QED) is 0.698. The van der Waals surface area contributed by atoms with Crippen LogP contribution in [-0.2, 0) is 17.6 Å². The minimum Gasteiger partial charge on any atom is -0.483 e. The van der Waals surface area contributed by atoms with Crippen molar-refractivity contribution in [2.75, 3.05) is 6.61 Å². The summed E-state index contributed by atoms with van der Waals surface area (Å²) in [4.78, 5) is 12.4. The standard InChI is InChI=1S/C24H25NO2/c1-17(20-14-13-18-7-2-3-9-21(18)15-20)25-24(26)16-27-23-12-6-10-19-8-4-5-11-22(19)23/h4-6,8,10-15,17H,2-3,7,9,16H2,1H3,(H,25,26)/t17-/m1/s1. The fourth-order valence-electron chi connectivity index (χ4n) is 3.85. The summed E-state index contributed by atoms with van der Waals surface area (Å²) in [6, 6.07) is 20.5. The van der Waals surface area contributed by atoms with Gasteiger partial charge in [-0.05, 0) is 60.7 Å². The molecule has 0 aromatic heterocycles. The lowest BCUT2D eigenvalue weighted by molar-refractivity contribution is -0.123. The molecule has 3 aromatic rings. The Morgan fingerprint density at radius 3 is 2.67 bits per heavy atom. The predicted octanol–water partition coefficient (Wildman–Crippen LogP) is 4.97. The Balaban J connectivity index is 1.39. The van der Waals surface area contributed by atoms with Crippen LogP contribution in [0.15, 0.2) is 60.7 Å². The van der Waals surface area contributed by atoms with Crippen molar-refractivity contribution >= 4 is 16.7 Å². The summed E-state index contributed by atoms with van der Waals surface area (Å²) < 4.78 is 5.80. The van der Waals surface area contributed by atoms with Gasteiger partial charge in [-0.25, -0.2) is 0 Å². The van der Waals surface area contributed by atoms with Gasteiger partial charge in [0.1, 0.15) is 5.75 Å². The van der Waals surface area contributed by atoms with Crippen molar-refractivity contribution in [3.8, 4) is 5.75 Å². The Kier molecular flexibility index (Phi) is 5.10. The molecule has 27 heavy (non-hydrogen) atoms. The van der Waals surface area contributed by atoms with Crippen molar-refractivity contribution in [3.05, 3.63) is 77.4 Å². The molecule has 1 atom stereocenters. The van der Waals surface area contributed by atoms with E-state index in [2.05, 4.69) is 23.5 Å². The number of nitrogens with one attached hydrogen (secondary N) is 1. The van der Waals surface area contributed by atoms with Gasteiger partial charge < -0.3 is 10.1 Å². The largest absolute Gasteiger partial charge is 0.483 e. The molecule has 0 spiro atoms. The van der Waals surface area contributed by atoms with E-state index in [-0.39, 0.29) is 18.6 Å². The molecule has 1 amide bonds. The molecule has 3 heteroatoms. The summed E-state index contributed by atoms with van der Waals surface area (Å²) in [5, 5.41) is 5.19. The highest BCUT2D eigenvalue weighted by molar-refractivity contribution is 5.88. The van der Waals surface area contributed by atoms with Gasteiger partial charge in [-0.15, -0.1) is 0 Å². The van der Waals surface area contributed by atoms with Crippen molar-refractivity contribution in [2.24, 2.45) is 0 Å². The first-order valence-electron chi connectivity index (χ1n) is 9.72. The second-order valence-electron chi connectivity index (χ2n) is 7.29. The van der Waals surface area contributed by atoms with Crippen LogP contribution >= 0.6 is 0 Å². The van der Waals surface area contributed by atoms with E-state index in [0.717, 1.165) is 28.5 Å². The van der Waals surface area contributed by atoms with Crippen LogP contribution in [0.25, 0.3) is 10.8 Å². The lowest BCUT2D eigenvalue weighted by atomic mass is 9.89. The Bertz CT molecular complexity index is 958. The molecule has 4 rings (SSSR count). The normalized spacial score (nSPS) is 14.4. The van der Waals surface area contributed by atoms with Gasteiger partial charge in [0, 0.05) is 5.39 Å². The lowest BCUT2D eigenvalue weighted by Gasteiger charge is -2.20. The Morgan fingerprint density at radius 1 is 1.00 bits per heavy atom. The first kappa shape index (κ1) is 17.6. The number of rotatable bonds is 5. The number of carbonyl (C=O) groups excluding carboxylic acids is 1. The van der Waals surface area contributed by atoms with E-state index in [0.29, 0.717) is 0 Å². The van der Waals surface area contributed by atoms with Gasteiger partial charge in [-0.1, -0.05) is 54.6 Å². The summed E-state index contributed by atoms with van der Waals surface area (Å²) in [6.07, 6.45) is 4.86. The van der Waals surface area contributed by atoms with Crippen LogP contribution in [0.2, 0.25) is 0 Å². The number of carbonyl (C=O) groups is 1. The first-order chi connectivity index (χ1) is 13.2. The molecular weight excluding hydrogens is 334 g/mol. The topological polar surface area (TPSA) is 38.3 Å². The maximum Gasteiger partial charge on any atom is 0.258 e. The van der Waals surface area contributed by atoms with E-state index >= 15 is 0 Å². The van der Waals surface area contributed by atoms with Crippen molar-refractivity contribution in [2.45, 2.75) is 38.6 Å². The minimum absolute atomic E-state index is 0.0172. The SMILES string of the molecule is C[C@@H](NC(=O)COc1cccc2ccccc12)c1ccc2c(c1)CCCC2. The van der Waals surface area contributed by atoms with Crippen molar-refractivity contribution in [1.82, 2.24) is 5.32 Å². The number of amides is 1. The molecule has 0 saturated carbocycles. The van der Waals surface area contributed by atoms with Crippen LogP contribution in [-0.4, -0.2) is 12.5 Å². The molecule has 0 aliphatic heterocycles. The van der Waals surface area contributed by atoms with Gasteiger partial charge in [0.15, 0.2) is 6.61 Å². The Labute approximate surface area is 160 Å². The molecule has 0 heterocycles. The van der Waals surface area contributed by atoms with Gasteiger partial charge in [0.2, 0.25) is 0 Å². The highest BCUT2D eigenvalue weighted by Gasteiger charge is 2.14. The average molecular weight is 359 g/mol. The lowest BCUT2D eigenvalue weighted by Crippen LogP contribution is -2.31. The summed E-state index contributed by atoms with van der Waals surface area (Å²) in [5.41, 5.74) is 4.06. The molecule has 3 aromatic carbocycles. The van der Waals surface area contributed by atoms with E-state index in [9.17, 15) is 4.79 Å². The van der Waals surface area contributed by atoms with Crippen LogP contribution < -0.4 is 10.1 Å². The van der Waals surface area contributed by atoms with Crippen molar-refractivity contribution in [1.29, 1.82) is 0 Å². The summed E-state index contributed by atoms with van der Waals surface area (Å²) in [7, 11) is 0. The zero-order valence-corrected chi connectivity index (χ0v) is 15.7. The third-order valence-electron chi connectivity index (χ3n) is 5.36. The van der Waals surface area contributed by atoms with E-state index in [1.54, 1.807) is 0 Å². The average Bonchev–Trinajstić information content (AvgIpc) is 2.71. The summed E-state index contributed by atoms with van der Waals surface area (Å²) in [5.74, 6) is 0.637. The highest BCUT2D eigenvalue weighted by atomic mass is 16.5. The summed E-state index contributed by atoms with van der Waals surface area (Å²) in [6.45, 7) is 2.05. The molecule has 1 aliphatic carbocycles. The number of hydrogen-bond donors (Lipinski definition) is 1. The van der Waals surface area contributed by atoms with Crippen LogP contribution in [0.5, 0.6) is 5.75 Å². The van der Waals surface area contributed by atoms with Gasteiger partial charge >= 0.3 is 0 Å². The van der Waals surface area contributed by atoms with Crippen molar-refractivity contribution in [3.63, 3.8) is 0 Å². The molecule has 0 unspecified atom stereocenters. The van der Waals surface area contributed by atoms with Crippen LogP contribution in [0, 0.1) is 0 Å². The molecule has 0 fully saturated rings. The second kappa shape index (κ2) is 7.83. The molecular formula is C24H25NO2. The van der Waals surface area contributed by atoms with Crippen LogP contribution in [0.4, 0.5) is 0 Å².